The van der Waals surface area contributed by atoms with Crippen LogP contribution in [0.3, 0.4) is 0 Å². The first kappa shape index (κ1) is 19.8. The minimum absolute atomic E-state index is 0.0785. The average Bonchev–Trinajstić information content (AvgIpc) is 2.90. The molecule has 0 aromatic heterocycles. The van der Waals surface area contributed by atoms with Gasteiger partial charge in [0.1, 0.15) is 11.8 Å². The Morgan fingerprint density at radius 2 is 2.04 bits per heavy atom. The van der Waals surface area contributed by atoms with Gasteiger partial charge in [-0.1, -0.05) is 17.7 Å². The lowest BCUT2D eigenvalue weighted by atomic mass is 9.85. The second kappa shape index (κ2) is 7.59. The number of halogens is 1. The molecule has 10 heteroatoms. The Labute approximate surface area is 165 Å². The van der Waals surface area contributed by atoms with Crippen LogP contribution in [0.2, 0.25) is 0 Å². The van der Waals surface area contributed by atoms with Gasteiger partial charge in [-0.2, -0.15) is 0 Å². The van der Waals surface area contributed by atoms with Gasteiger partial charge >= 0.3 is 0 Å². The van der Waals surface area contributed by atoms with Gasteiger partial charge in [0.25, 0.3) is 5.69 Å². The minimum atomic E-state index is -1.09. The summed E-state index contributed by atoms with van der Waals surface area (Å²) in [6.07, 6.45) is 2.36. The molecule has 9 nitrogen and oxygen atoms in total. The Morgan fingerprint density at radius 3 is 2.68 bits per heavy atom. The number of fused-ring (bicyclic) bond motifs is 1. The number of non-ortho nitro benzene ring substituents is 1. The van der Waals surface area contributed by atoms with Gasteiger partial charge < -0.3 is 10.1 Å². The van der Waals surface area contributed by atoms with E-state index in [1.54, 1.807) is 6.08 Å². The molecule has 1 N–H and O–H groups in total. The van der Waals surface area contributed by atoms with Crippen molar-refractivity contribution in [1.29, 1.82) is 0 Å². The predicted octanol–water partition coefficient (Wildman–Crippen LogP) is 2.45. The SMILES string of the molecule is COc1ccc([N+](=O)[O-])cc1NC(=O)[C@H](C)N1C(=O)[C@@H]2CC=C(Cl)C[C@H]2C1=O. The summed E-state index contributed by atoms with van der Waals surface area (Å²) in [6, 6.07) is 2.66. The largest absolute Gasteiger partial charge is 0.495 e. The van der Waals surface area contributed by atoms with E-state index in [1.807, 2.05) is 0 Å². The molecular weight excluding hydrogens is 390 g/mol. The van der Waals surface area contributed by atoms with E-state index < -0.39 is 40.5 Å². The number of nitrogens with one attached hydrogen (secondary N) is 1. The van der Waals surface area contributed by atoms with Gasteiger partial charge in [0, 0.05) is 17.2 Å². The van der Waals surface area contributed by atoms with E-state index >= 15 is 0 Å². The number of anilines is 1. The Kier molecular flexibility index (Phi) is 5.37. The smallest absolute Gasteiger partial charge is 0.271 e. The molecular formula is C18H18ClN3O6. The normalized spacial score (nSPS) is 22.4. The number of nitro groups is 1. The summed E-state index contributed by atoms with van der Waals surface area (Å²) >= 11 is 6.00. The third kappa shape index (κ3) is 3.45. The second-order valence-electron chi connectivity index (χ2n) is 6.66. The fraction of sp³-hybridized carbons (Fsp3) is 0.389. The number of amides is 3. The number of methoxy groups -OCH3 is 1. The molecule has 1 saturated heterocycles. The summed E-state index contributed by atoms with van der Waals surface area (Å²) in [5.74, 6) is -2.36. The number of nitro benzene ring substituents is 1. The molecule has 1 aliphatic heterocycles. The number of rotatable bonds is 5. The maximum Gasteiger partial charge on any atom is 0.271 e. The summed E-state index contributed by atoms with van der Waals surface area (Å²) in [6.45, 7) is 1.43. The Bertz CT molecular complexity index is 899. The van der Waals surface area contributed by atoms with Crippen molar-refractivity contribution in [3.05, 3.63) is 39.4 Å². The summed E-state index contributed by atoms with van der Waals surface area (Å²) < 4.78 is 5.11. The molecule has 2 aliphatic rings. The van der Waals surface area contributed by atoms with Crippen LogP contribution in [0.4, 0.5) is 11.4 Å². The molecule has 0 saturated carbocycles. The number of hydrogen-bond donors (Lipinski definition) is 1. The lowest BCUT2D eigenvalue weighted by molar-refractivity contribution is -0.384. The van der Waals surface area contributed by atoms with Crippen molar-refractivity contribution in [1.82, 2.24) is 4.90 Å². The second-order valence-corrected chi connectivity index (χ2v) is 7.14. The molecule has 0 radical (unpaired) electrons. The number of carbonyl (C=O) groups is 3. The lowest BCUT2D eigenvalue weighted by Crippen LogP contribution is -2.46. The third-order valence-corrected chi connectivity index (χ3v) is 5.33. The van der Waals surface area contributed by atoms with Crippen molar-refractivity contribution in [3.8, 4) is 5.75 Å². The monoisotopic (exact) mass is 407 g/mol. The molecule has 0 unspecified atom stereocenters. The van der Waals surface area contributed by atoms with Crippen LogP contribution < -0.4 is 10.1 Å². The zero-order valence-corrected chi connectivity index (χ0v) is 15.9. The molecule has 28 heavy (non-hydrogen) atoms. The van der Waals surface area contributed by atoms with Crippen LogP contribution in [0.25, 0.3) is 0 Å². The van der Waals surface area contributed by atoms with Crippen molar-refractivity contribution < 1.29 is 24.0 Å². The zero-order chi connectivity index (χ0) is 20.6. The van der Waals surface area contributed by atoms with Crippen LogP contribution in [0.15, 0.2) is 29.3 Å². The maximum absolute atomic E-state index is 12.7. The number of imide groups is 1. The molecule has 148 valence electrons. The van der Waals surface area contributed by atoms with Crippen LogP contribution in [-0.4, -0.2) is 40.7 Å². The highest BCUT2D eigenvalue weighted by Crippen LogP contribution is 2.40. The fourth-order valence-corrected chi connectivity index (χ4v) is 3.75. The first-order valence-electron chi connectivity index (χ1n) is 8.59. The molecule has 1 fully saturated rings. The van der Waals surface area contributed by atoms with E-state index in [2.05, 4.69) is 5.32 Å². The van der Waals surface area contributed by atoms with Crippen molar-refractivity contribution in [2.45, 2.75) is 25.8 Å². The highest BCUT2D eigenvalue weighted by Gasteiger charge is 2.51. The number of ether oxygens (including phenoxy) is 1. The van der Waals surface area contributed by atoms with Gasteiger partial charge in [-0.3, -0.25) is 29.4 Å². The van der Waals surface area contributed by atoms with E-state index in [0.717, 1.165) is 11.0 Å². The van der Waals surface area contributed by atoms with E-state index in [-0.39, 0.29) is 23.5 Å². The lowest BCUT2D eigenvalue weighted by Gasteiger charge is -2.22. The summed E-state index contributed by atoms with van der Waals surface area (Å²) in [7, 11) is 1.36. The van der Waals surface area contributed by atoms with Gasteiger partial charge in [0.15, 0.2) is 0 Å². The Morgan fingerprint density at radius 1 is 1.36 bits per heavy atom. The molecule has 3 amide bonds. The minimum Gasteiger partial charge on any atom is -0.495 e. The van der Waals surface area contributed by atoms with Crippen molar-refractivity contribution in [2.75, 3.05) is 12.4 Å². The van der Waals surface area contributed by atoms with Crippen LogP contribution in [0.1, 0.15) is 19.8 Å². The number of benzene rings is 1. The van der Waals surface area contributed by atoms with E-state index in [9.17, 15) is 24.5 Å². The van der Waals surface area contributed by atoms with Crippen LogP contribution >= 0.6 is 11.6 Å². The number of likely N-dealkylation sites (tertiary alicyclic amines) is 1. The fourth-order valence-electron chi connectivity index (χ4n) is 3.50. The van der Waals surface area contributed by atoms with Crippen molar-refractivity contribution in [3.63, 3.8) is 0 Å². The summed E-state index contributed by atoms with van der Waals surface area (Å²) in [4.78, 5) is 49.4. The first-order valence-corrected chi connectivity index (χ1v) is 8.97. The van der Waals surface area contributed by atoms with Crippen LogP contribution in [-0.2, 0) is 14.4 Å². The molecule has 0 bridgehead atoms. The van der Waals surface area contributed by atoms with E-state index in [0.29, 0.717) is 11.5 Å². The highest BCUT2D eigenvalue weighted by molar-refractivity contribution is 6.30. The Hall–Kier alpha value is -2.94. The standard InChI is InChI=1S/C18H18ClN3O6/c1-9(21-17(24)12-5-3-10(19)7-13(12)18(21)25)16(23)20-14-8-11(22(26)27)4-6-15(14)28-2/h3-4,6,8-9,12-13H,5,7H2,1-2H3,(H,20,23)/t9-,12+,13+/m0/s1. The topological polar surface area (TPSA) is 119 Å². The molecule has 1 heterocycles. The average molecular weight is 408 g/mol. The number of allylic oxidation sites excluding steroid dienone is 2. The van der Waals surface area contributed by atoms with Crippen LogP contribution in [0.5, 0.6) is 5.75 Å². The van der Waals surface area contributed by atoms with Crippen molar-refractivity contribution in [2.24, 2.45) is 11.8 Å². The summed E-state index contributed by atoms with van der Waals surface area (Å²) in [5.41, 5.74) is -0.154. The zero-order valence-electron chi connectivity index (χ0n) is 15.2. The molecule has 1 aromatic carbocycles. The van der Waals surface area contributed by atoms with Gasteiger partial charge in [-0.25, -0.2) is 0 Å². The van der Waals surface area contributed by atoms with E-state index in [1.165, 1.54) is 26.2 Å². The third-order valence-electron chi connectivity index (χ3n) is 5.02. The van der Waals surface area contributed by atoms with Gasteiger partial charge in [0.2, 0.25) is 17.7 Å². The van der Waals surface area contributed by atoms with Gasteiger partial charge in [-0.05, 0) is 25.8 Å². The molecule has 3 atom stereocenters. The molecule has 1 aromatic rings. The number of carbonyl (C=O) groups excluding carboxylic acids is 3. The van der Waals surface area contributed by atoms with Gasteiger partial charge in [-0.15, -0.1) is 0 Å². The summed E-state index contributed by atoms with van der Waals surface area (Å²) in [5, 5.41) is 14.0. The Balaban J connectivity index is 1.80. The molecule has 0 spiro atoms. The van der Waals surface area contributed by atoms with Gasteiger partial charge in [0.05, 0.1) is 29.6 Å². The first-order chi connectivity index (χ1) is 13.2. The predicted molar refractivity (Wildman–Crippen MR) is 99.7 cm³/mol. The molecule has 3 rings (SSSR count). The maximum atomic E-state index is 12.7. The number of hydrogen-bond acceptors (Lipinski definition) is 6. The van der Waals surface area contributed by atoms with E-state index in [4.69, 9.17) is 16.3 Å². The van der Waals surface area contributed by atoms with Crippen LogP contribution in [0, 0.1) is 22.0 Å². The quantitative estimate of drug-likeness (QED) is 0.455. The molecule has 1 aliphatic carbocycles. The van der Waals surface area contributed by atoms with Crippen molar-refractivity contribution >= 4 is 40.7 Å². The number of nitrogens with zero attached hydrogens (tertiary/aromatic N) is 2. The highest BCUT2D eigenvalue weighted by atomic mass is 35.5.